The molecule has 1 N–H and O–H groups in total. The second-order valence-corrected chi connectivity index (χ2v) is 3.90. The van der Waals surface area contributed by atoms with Gasteiger partial charge >= 0.3 is 6.18 Å². The lowest BCUT2D eigenvalue weighted by Gasteiger charge is -2.10. The number of halogens is 3. The van der Waals surface area contributed by atoms with Gasteiger partial charge in [-0.1, -0.05) is 6.07 Å². The molecule has 0 aliphatic heterocycles. The van der Waals surface area contributed by atoms with Crippen molar-refractivity contribution >= 4 is 5.82 Å². The summed E-state index contributed by atoms with van der Waals surface area (Å²) in [6.07, 6.45) is -4.68. The first-order chi connectivity index (χ1) is 9.92. The Kier molecular flexibility index (Phi) is 3.93. The zero-order chi connectivity index (χ0) is 15.5. The van der Waals surface area contributed by atoms with E-state index in [2.05, 4.69) is 15.3 Å². The predicted molar refractivity (Wildman–Crippen MR) is 67.8 cm³/mol. The molecule has 0 bridgehead atoms. The lowest BCUT2D eigenvalue weighted by molar-refractivity contribution is -0.145. The number of aromatic nitrogens is 2. The van der Waals surface area contributed by atoms with Gasteiger partial charge < -0.3 is 10.1 Å². The summed E-state index contributed by atoms with van der Waals surface area (Å²) in [5.74, 6) is -1.38. The van der Waals surface area contributed by atoms with Gasteiger partial charge in [0.15, 0.2) is 0 Å². The van der Waals surface area contributed by atoms with Gasteiger partial charge in [-0.3, -0.25) is 0 Å². The van der Waals surface area contributed by atoms with Gasteiger partial charge in [-0.25, -0.2) is 4.98 Å². The molecule has 21 heavy (non-hydrogen) atoms. The van der Waals surface area contributed by atoms with E-state index in [4.69, 9.17) is 10.00 Å². The van der Waals surface area contributed by atoms with E-state index in [1.165, 1.54) is 25.2 Å². The van der Waals surface area contributed by atoms with Crippen molar-refractivity contribution in [2.45, 2.75) is 6.18 Å². The minimum absolute atomic E-state index is 0.0243. The van der Waals surface area contributed by atoms with Gasteiger partial charge in [-0.05, 0) is 18.2 Å². The predicted octanol–water partition coefficient (Wildman–Crippen LogP) is 3.20. The van der Waals surface area contributed by atoms with Crippen molar-refractivity contribution in [3.63, 3.8) is 0 Å². The Balaban J connectivity index is 2.37. The number of benzene rings is 1. The lowest BCUT2D eigenvalue weighted by atomic mass is 10.2. The highest BCUT2D eigenvalue weighted by Crippen LogP contribution is 2.30. The van der Waals surface area contributed by atoms with Crippen LogP contribution in [0.3, 0.4) is 0 Å². The number of hydrogen-bond donors (Lipinski definition) is 1. The Morgan fingerprint density at radius 3 is 2.62 bits per heavy atom. The van der Waals surface area contributed by atoms with Gasteiger partial charge in [0, 0.05) is 13.1 Å². The Labute approximate surface area is 118 Å². The number of nitrogens with one attached hydrogen (secondary N) is 1. The highest BCUT2D eigenvalue weighted by molar-refractivity contribution is 5.41. The number of nitrogens with zero attached hydrogens (tertiary/aromatic N) is 3. The van der Waals surface area contributed by atoms with Crippen LogP contribution in [0, 0.1) is 11.3 Å². The van der Waals surface area contributed by atoms with E-state index in [9.17, 15) is 13.2 Å². The van der Waals surface area contributed by atoms with Crippen molar-refractivity contribution in [1.29, 1.82) is 5.26 Å². The maximum Gasteiger partial charge on any atom is 0.451 e. The first kappa shape index (κ1) is 14.6. The van der Waals surface area contributed by atoms with Crippen LogP contribution in [-0.2, 0) is 6.18 Å². The van der Waals surface area contributed by atoms with E-state index in [-0.39, 0.29) is 17.4 Å². The first-order valence-corrected chi connectivity index (χ1v) is 5.74. The standard InChI is InChI=1S/C13H9F3N4O/c1-18-10-6-11(20-12(19-10)13(14,15)16)21-9-4-2-3-8(5-9)7-17/h2-6H,1H3,(H,18,19,20). The molecule has 0 saturated carbocycles. The molecule has 8 heteroatoms. The van der Waals surface area contributed by atoms with Crippen molar-refractivity contribution < 1.29 is 17.9 Å². The summed E-state index contributed by atoms with van der Waals surface area (Å²) in [5, 5.41) is 11.3. The summed E-state index contributed by atoms with van der Waals surface area (Å²) in [6.45, 7) is 0. The summed E-state index contributed by atoms with van der Waals surface area (Å²) < 4.78 is 43.3. The fraction of sp³-hybridized carbons (Fsp3) is 0.154. The molecule has 0 aliphatic carbocycles. The van der Waals surface area contributed by atoms with Crippen molar-refractivity contribution in [1.82, 2.24) is 9.97 Å². The molecule has 1 aromatic carbocycles. The second kappa shape index (κ2) is 5.66. The molecule has 0 saturated heterocycles. The third-order valence-corrected chi connectivity index (χ3v) is 2.40. The third-order valence-electron chi connectivity index (χ3n) is 2.40. The molecule has 0 spiro atoms. The monoisotopic (exact) mass is 294 g/mol. The summed E-state index contributed by atoms with van der Waals surface area (Å²) in [5.41, 5.74) is 0.325. The minimum Gasteiger partial charge on any atom is -0.439 e. The quantitative estimate of drug-likeness (QED) is 0.941. The first-order valence-electron chi connectivity index (χ1n) is 5.74. The van der Waals surface area contributed by atoms with Crippen molar-refractivity contribution in [3.8, 4) is 17.7 Å². The largest absolute Gasteiger partial charge is 0.451 e. The number of hydrogen-bond acceptors (Lipinski definition) is 5. The maximum absolute atomic E-state index is 12.7. The van der Waals surface area contributed by atoms with Gasteiger partial charge in [0.05, 0.1) is 11.6 Å². The van der Waals surface area contributed by atoms with Crippen molar-refractivity contribution in [2.75, 3.05) is 12.4 Å². The van der Waals surface area contributed by atoms with Gasteiger partial charge in [-0.2, -0.15) is 23.4 Å². The smallest absolute Gasteiger partial charge is 0.439 e. The molecule has 2 rings (SSSR count). The number of alkyl halides is 3. The van der Waals surface area contributed by atoms with Gasteiger partial charge in [0.2, 0.25) is 11.7 Å². The van der Waals surface area contributed by atoms with Crippen LogP contribution in [0.15, 0.2) is 30.3 Å². The molecule has 2 aromatic rings. The highest BCUT2D eigenvalue weighted by atomic mass is 19.4. The summed E-state index contributed by atoms with van der Waals surface area (Å²) in [7, 11) is 1.43. The fourth-order valence-electron chi connectivity index (χ4n) is 1.48. The number of anilines is 1. The molecule has 108 valence electrons. The highest BCUT2D eigenvalue weighted by Gasteiger charge is 2.35. The molecular formula is C13H9F3N4O. The van der Waals surface area contributed by atoms with Crippen LogP contribution < -0.4 is 10.1 Å². The molecule has 1 aromatic heterocycles. The summed E-state index contributed by atoms with van der Waals surface area (Å²) >= 11 is 0. The average Bonchev–Trinajstić information content (AvgIpc) is 2.46. The molecule has 0 fully saturated rings. The van der Waals surface area contributed by atoms with Crippen LogP contribution in [0.1, 0.15) is 11.4 Å². The zero-order valence-electron chi connectivity index (χ0n) is 10.8. The van der Waals surface area contributed by atoms with Crippen LogP contribution in [0.2, 0.25) is 0 Å². The van der Waals surface area contributed by atoms with Crippen LogP contribution in [0.5, 0.6) is 11.6 Å². The van der Waals surface area contributed by atoms with E-state index in [1.807, 2.05) is 6.07 Å². The Bertz CT molecular complexity index is 695. The third kappa shape index (κ3) is 3.60. The topological polar surface area (TPSA) is 70.8 Å². The Hall–Kier alpha value is -2.82. The molecule has 0 aliphatic rings. The summed E-state index contributed by atoms with van der Waals surface area (Å²) in [6, 6.07) is 9.15. The second-order valence-electron chi connectivity index (χ2n) is 3.90. The SMILES string of the molecule is CNc1cc(Oc2cccc(C#N)c2)nc(C(F)(F)F)n1. The lowest BCUT2D eigenvalue weighted by Crippen LogP contribution is -2.12. The number of rotatable bonds is 3. The van der Waals surface area contributed by atoms with Crippen LogP contribution in [-0.4, -0.2) is 17.0 Å². The zero-order valence-corrected chi connectivity index (χ0v) is 10.8. The minimum atomic E-state index is -4.68. The normalized spacial score (nSPS) is 10.8. The van der Waals surface area contributed by atoms with E-state index in [0.717, 1.165) is 0 Å². The fourth-order valence-corrected chi connectivity index (χ4v) is 1.48. The van der Waals surface area contributed by atoms with Crippen molar-refractivity contribution in [3.05, 3.63) is 41.7 Å². The van der Waals surface area contributed by atoms with Gasteiger partial charge in [0.25, 0.3) is 0 Å². The van der Waals surface area contributed by atoms with Crippen LogP contribution in [0.4, 0.5) is 19.0 Å². The molecular weight excluding hydrogens is 285 g/mol. The van der Waals surface area contributed by atoms with E-state index in [1.54, 1.807) is 12.1 Å². The maximum atomic E-state index is 12.7. The van der Waals surface area contributed by atoms with Crippen molar-refractivity contribution in [2.24, 2.45) is 0 Å². The van der Waals surface area contributed by atoms with E-state index >= 15 is 0 Å². The average molecular weight is 294 g/mol. The number of ether oxygens (including phenoxy) is 1. The van der Waals surface area contributed by atoms with Gasteiger partial charge in [0.1, 0.15) is 11.6 Å². The van der Waals surface area contributed by atoms with E-state index in [0.29, 0.717) is 5.56 Å². The molecule has 0 atom stereocenters. The summed E-state index contributed by atoms with van der Waals surface area (Å²) in [4.78, 5) is 6.64. The van der Waals surface area contributed by atoms with E-state index < -0.39 is 12.0 Å². The Morgan fingerprint density at radius 2 is 2.00 bits per heavy atom. The molecule has 0 radical (unpaired) electrons. The van der Waals surface area contributed by atoms with Gasteiger partial charge in [-0.15, -0.1) is 0 Å². The van der Waals surface area contributed by atoms with Crippen LogP contribution in [0.25, 0.3) is 0 Å². The molecule has 1 heterocycles. The Morgan fingerprint density at radius 1 is 1.24 bits per heavy atom. The van der Waals surface area contributed by atoms with Crippen LogP contribution >= 0.6 is 0 Å². The molecule has 5 nitrogen and oxygen atoms in total. The molecule has 0 unspecified atom stereocenters. The number of nitriles is 1. The molecule has 0 amide bonds.